The highest BCUT2D eigenvalue weighted by Gasteiger charge is 2.22. The number of halogens is 1. The van der Waals surface area contributed by atoms with Gasteiger partial charge in [0.2, 0.25) is 0 Å². The molecule has 0 spiro atoms. The van der Waals surface area contributed by atoms with Crippen LogP contribution in [0.5, 0.6) is 0 Å². The third-order valence-electron chi connectivity index (χ3n) is 3.11. The molecule has 1 aromatic rings. The lowest BCUT2D eigenvalue weighted by Crippen LogP contribution is -2.37. The van der Waals surface area contributed by atoms with Crippen LogP contribution in [0.25, 0.3) is 0 Å². The summed E-state index contributed by atoms with van der Waals surface area (Å²) in [5.41, 5.74) is 5.99. The van der Waals surface area contributed by atoms with Gasteiger partial charge < -0.3 is 15.4 Å². The molecule has 0 aliphatic carbocycles. The minimum Gasteiger partial charge on any atom is -0.384 e. The van der Waals surface area contributed by atoms with E-state index in [2.05, 4.69) is 4.98 Å². The van der Waals surface area contributed by atoms with Crippen molar-refractivity contribution in [2.75, 3.05) is 25.4 Å². The molecule has 2 rings (SSSR count). The largest absolute Gasteiger partial charge is 0.384 e. The van der Waals surface area contributed by atoms with Gasteiger partial charge in [-0.25, -0.2) is 4.98 Å². The van der Waals surface area contributed by atoms with Gasteiger partial charge in [-0.2, -0.15) is 0 Å². The van der Waals surface area contributed by atoms with E-state index in [1.165, 1.54) is 0 Å². The van der Waals surface area contributed by atoms with E-state index >= 15 is 0 Å². The lowest BCUT2D eigenvalue weighted by atomic mass is 10.2. The molecule has 2 heterocycles. The zero-order valence-electron chi connectivity index (χ0n) is 11.0. The quantitative estimate of drug-likeness (QED) is 0.915. The van der Waals surface area contributed by atoms with Crippen LogP contribution in [-0.2, 0) is 4.74 Å². The summed E-state index contributed by atoms with van der Waals surface area (Å²) in [4.78, 5) is 18.1. The molecule has 1 aromatic heterocycles. The van der Waals surface area contributed by atoms with Crippen molar-refractivity contribution in [2.45, 2.75) is 25.9 Å². The fraction of sp³-hybridized carbons (Fsp3) is 0.538. The molecule has 1 unspecified atom stereocenters. The van der Waals surface area contributed by atoms with Crippen molar-refractivity contribution in [3.63, 3.8) is 0 Å². The molecule has 1 amide bonds. The number of aromatic nitrogens is 1. The lowest BCUT2D eigenvalue weighted by molar-refractivity contribution is 0.0535. The first-order chi connectivity index (χ1) is 8.70. The van der Waals surface area contributed by atoms with Crippen LogP contribution < -0.4 is 5.73 Å². The summed E-state index contributed by atoms with van der Waals surface area (Å²) < 4.78 is 5.56. The van der Waals surface area contributed by atoms with Gasteiger partial charge in [0.05, 0.1) is 6.10 Å². The summed E-state index contributed by atoms with van der Waals surface area (Å²) in [5, 5.41) is 0. The molecule has 106 valence electrons. The van der Waals surface area contributed by atoms with Gasteiger partial charge in [-0.05, 0) is 31.9 Å². The molecule has 0 bridgehead atoms. The average Bonchev–Trinajstić information content (AvgIpc) is 2.88. The van der Waals surface area contributed by atoms with Crippen molar-refractivity contribution < 1.29 is 9.53 Å². The normalized spacial score (nSPS) is 17.8. The van der Waals surface area contributed by atoms with Crippen LogP contribution in [0.3, 0.4) is 0 Å². The maximum atomic E-state index is 12.3. The Kier molecular flexibility index (Phi) is 6.05. The molecule has 0 saturated carbocycles. The van der Waals surface area contributed by atoms with Gasteiger partial charge >= 0.3 is 0 Å². The minimum atomic E-state index is -0.0831. The van der Waals surface area contributed by atoms with E-state index < -0.39 is 0 Å². The van der Waals surface area contributed by atoms with Gasteiger partial charge in [0, 0.05) is 19.7 Å². The molecule has 2 N–H and O–H groups in total. The van der Waals surface area contributed by atoms with Crippen molar-refractivity contribution in [3.8, 4) is 0 Å². The fourth-order valence-electron chi connectivity index (χ4n) is 2.12. The van der Waals surface area contributed by atoms with Gasteiger partial charge in [-0.15, -0.1) is 12.4 Å². The number of nitrogens with zero attached hydrogens (tertiary/aromatic N) is 2. The van der Waals surface area contributed by atoms with Crippen LogP contribution in [-0.4, -0.2) is 41.6 Å². The number of nitrogens with two attached hydrogens (primary N) is 1. The van der Waals surface area contributed by atoms with Gasteiger partial charge in [0.1, 0.15) is 11.5 Å². The highest BCUT2D eigenvalue weighted by atomic mass is 35.5. The van der Waals surface area contributed by atoms with E-state index in [0.717, 1.165) is 19.4 Å². The summed E-state index contributed by atoms with van der Waals surface area (Å²) in [7, 11) is 0. The van der Waals surface area contributed by atoms with E-state index in [9.17, 15) is 4.79 Å². The summed E-state index contributed by atoms with van der Waals surface area (Å²) in [6.07, 6.45) is 2.26. The Balaban J connectivity index is 0.00000180. The number of pyridine rings is 1. The standard InChI is InChI=1S/C13H19N3O2.ClH/c1-2-16(9-10-5-4-8-18-10)13(17)11-6-3-7-12(14)15-11;/h3,6-7,10H,2,4-5,8-9H2,1H3,(H2,14,15);1H. The van der Waals surface area contributed by atoms with Crippen molar-refractivity contribution in [3.05, 3.63) is 23.9 Å². The van der Waals surface area contributed by atoms with E-state index in [4.69, 9.17) is 10.5 Å². The Bertz CT molecular complexity index is 422. The number of likely N-dealkylation sites (N-methyl/N-ethyl adjacent to an activating group) is 1. The number of hydrogen-bond donors (Lipinski definition) is 1. The van der Waals surface area contributed by atoms with Gasteiger partial charge in [0.15, 0.2) is 0 Å². The van der Waals surface area contributed by atoms with Crippen LogP contribution >= 0.6 is 12.4 Å². The van der Waals surface area contributed by atoms with Crippen LogP contribution in [0.2, 0.25) is 0 Å². The third-order valence-corrected chi connectivity index (χ3v) is 3.11. The molecule has 6 heteroatoms. The first kappa shape index (κ1) is 15.7. The average molecular weight is 286 g/mol. The SMILES string of the molecule is CCN(CC1CCCO1)C(=O)c1cccc(N)n1.Cl. The number of hydrogen-bond acceptors (Lipinski definition) is 4. The number of ether oxygens (including phenoxy) is 1. The minimum absolute atomic E-state index is 0. The molecular formula is C13H20ClN3O2. The monoisotopic (exact) mass is 285 g/mol. The molecule has 0 radical (unpaired) electrons. The second-order valence-corrected chi connectivity index (χ2v) is 4.43. The van der Waals surface area contributed by atoms with E-state index in [1.807, 2.05) is 6.92 Å². The summed E-state index contributed by atoms with van der Waals surface area (Å²) in [6.45, 7) is 4.03. The maximum absolute atomic E-state index is 12.3. The van der Waals surface area contributed by atoms with Crippen LogP contribution in [0, 0.1) is 0 Å². The number of anilines is 1. The number of nitrogen functional groups attached to an aromatic ring is 1. The van der Waals surface area contributed by atoms with E-state index in [0.29, 0.717) is 24.6 Å². The topological polar surface area (TPSA) is 68.5 Å². The molecule has 1 aliphatic heterocycles. The molecule has 0 aromatic carbocycles. The molecule has 1 saturated heterocycles. The predicted molar refractivity (Wildman–Crippen MR) is 76.4 cm³/mol. The third kappa shape index (κ3) is 4.08. The molecule has 1 aliphatic rings. The molecule has 19 heavy (non-hydrogen) atoms. The summed E-state index contributed by atoms with van der Waals surface area (Å²) in [5.74, 6) is 0.286. The highest BCUT2D eigenvalue weighted by molar-refractivity contribution is 5.92. The zero-order valence-corrected chi connectivity index (χ0v) is 11.9. The number of rotatable bonds is 4. The lowest BCUT2D eigenvalue weighted by Gasteiger charge is -2.23. The second kappa shape index (κ2) is 7.31. The van der Waals surface area contributed by atoms with Crippen molar-refractivity contribution in [2.24, 2.45) is 0 Å². The van der Waals surface area contributed by atoms with Crippen molar-refractivity contribution in [1.82, 2.24) is 9.88 Å². The fourth-order valence-corrected chi connectivity index (χ4v) is 2.12. The molecule has 1 atom stereocenters. The van der Waals surface area contributed by atoms with Gasteiger partial charge in [-0.3, -0.25) is 4.79 Å². The van der Waals surface area contributed by atoms with Crippen LogP contribution in [0.15, 0.2) is 18.2 Å². The Morgan fingerprint density at radius 3 is 2.95 bits per heavy atom. The molecule has 5 nitrogen and oxygen atoms in total. The van der Waals surface area contributed by atoms with Crippen molar-refractivity contribution in [1.29, 1.82) is 0 Å². The summed E-state index contributed by atoms with van der Waals surface area (Å²) in [6, 6.07) is 5.11. The summed E-state index contributed by atoms with van der Waals surface area (Å²) >= 11 is 0. The van der Waals surface area contributed by atoms with Gasteiger partial charge in [-0.1, -0.05) is 6.07 Å². The van der Waals surface area contributed by atoms with Gasteiger partial charge in [0.25, 0.3) is 5.91 Å². The Morgan fingerprint density at radius 1 is 1.58 bits per heavy atom. The number of carbonyl (C=O) groups is 1. The van der Waals surface area contributed by atoms with E-state index in [-0.39, 0.29) is 24.4 Å². The molecular weight excluding hydrogens is 266 g/mol. The molecule has 1 fully saturated rings. The van der Waals surface area contributed by atoms with Crippen molar-refractivity contribution >= 4 is 24.1 Å². The van der Waals surface area contributed by atoms with Crippen LogP contribution in [0.4, 0.5) is 5.82 Å². The maximum Gasteiger partial charge on any atom is 0.272 e. The zero-order chi connectivity index (χ0) is 13.0. The Labute approximate surface area is 119 Å². The first-order valence-electron chi connectivity index (χ1n) is 6.34. The predicted octanol–water partition coefficient (Wildman–Crippen LogP) is 1.73. The highest BCUT2D eigenvalue weighted by Crippen LogP contribution is 2.14. The Morgan fingerprint density at radius 2 is 2.37 bits per heavy atom. The van der Waals surface area contributed by atoms with E-state index in [1.54, 1.807) is 23.1 Å². The number of carbonyl (C=O) groups excluding carboxylic acids is 1. The Hall–Kier alpha value is -1.33. The second-order valence-electron chi connectivity index (χ2n) is 4.43. The first-order valence-corrected chi connectivity index (χ1v) is 6.34. The smallest absolute Gasteiger partial charge is 0.272 e. The number of amides is 1. The van der Waals surface area contributed by atoms with Crippen LogP contribution in [0.1, 0.15) is 30.3 Å².